The van der Waals surface area contributed by atoms with Gasteiger partial charge in [0.15, 0.2) is 0 Å². The van der Waals surface area contributed by atoms with Crippen LogP contribution in [-0.4, -0.2) is 59.5 Å². The molecule has 0 radical (unpaired) electrons. The van der Waals surface area contributed by atoms with Crippen LogP contribution in [0.4, 0.5) is 0 Å². The molecule has 0 atom stereocenters. The number of amides is 2. The number of carbonyl (C=O) groups is 3. The van der Waals surface area contributed by atoms with Gasteiger partial charge in [-0.3, -0.25) is 19.7 Å². The maximum absolute atomic E-state index is 12.8. The van der Waals surface area contributed by atoms with Gasteiger partial charge >= 0.3 is 5.97 Å². The van der Waals surface area contributed by atoms with Crippen molar-refractivity contribution in [2.24, 2.45) is 0 Å². The minimum Gasteiger partial charge on any atom is -0.480 e. The second-order valence-electron chi connectivity index (χ2n) is 5.64. The summed E-state index contributed by atoms with van der Waals surface area (Å²) in [5.41, 5.74) is -0.690. The zero-order valence-corrected chi connectivity index (χ0v) is 14.7. The average Bonchev–Trinajstić information content (AvgIpc) is 2.52. The van der Waals surface area contributed by atoms with E-state index in [1.54, 1.807) is 4.90 Å². The molecular weight excluding hydrogens is 322 g/mol. The van der Waals surface area contributed by atoms with Gasteiger partial charge in [-0.15, -0.1) is 12.4 Å². The van der Waals surface area contributed by atoms with Crippen LogP contribution in [0.25, 0.3) is 0 Å². The van der Waals surface area contributed by atoms with Gasteiger partial charge in [-0.25, -0.2) is 0 Å². The molecule has 23 heavy (non-hydrogen) atoms. The van der Waals surface area contributed by atoms with Crippen LogP contribution in [0, 0.1) is 0 Å². The number of carboxylic acid groups (broad SMARTS) is 1. The summed E-state index contributed by atoms with van der Waals surface area (Å²) in [4.78, 5) is 36.7. The number of carbonyl (C=O) groups excluding carboxylic acids is 2. The third-order valence-electron chi connectivity index (χ3n) is 4.19. The van der Waals surface area contributed by atoms with Gasteiger partial charge in [0.2, 0.25) is 11.8 Å². The molecule has 2 amide bonds. The average molecular weight is 350 g/mol. The Balaban J connectivity index is 0.00000484. The largest absolute Gasteiger partial charge is 0.480 e. The van der Waals surface area contributed by atoms with E-state index in [1.165, 1.54) is 0 Å². The summed E-state index contributed by atoms with van der Waals surface area (Å²) in [6, 6.07) is 0. The summed E-state index contributed by atoms with van der Waals surface area (Å²) in [5.74, 6) is -1.44. The molecule has 0 aliphatic heterocycles. The highest BCUT2D eigenvalue weighted by Gasteiger charge is 2.41. The van der Waals surface area contributed by atoms with Gasteiger partial charge in [0.1, 0.15) is 6.54 Å². The van der Waals surface area contributed by atoms with Crippen LogP contribution in [-0.2, 0) is 14.4 Å². The Bertz CT molecular complexity index is 408. The normalized spacial score (nSPS) is 16.1. The van der Waals surface area contributed by atoms with Gasteiger partial charge in [0.25, 0.3) is 0 Å². The Morgan fingerprint density at radius 1 is 1.04 bits per heavy atom. The summed E-state index contributed by atoms with van der Waals surface area (Å²) >= 11 is 0. The van der Waals surface area contributed by atoms with E-state index in [2.05, 4.69) is 10.6 Å². The Morgan fingerprint density at radius 2 is 1.61 bits per heavy atom. The molecule has 134 valence electrons. The zero-order valence-electron chi connectivity index (χ0n) is 13.9. The van der Waals surface area contributed by atoms with E-state index in [9.17, 15) is 14.4 Å². The predicted molar refractivity (Wildman–Crippen MR) is 89.6 cm³/mol. The molecule has 1 aliphatic rings. The van der Waals surface area contributed by atoms with Crippen LogP contribution in [0.2, 0.25) is 0 Å². The molecule has 1 aliphatic carbocycles. The van der Waals surface area contributed by atoms with E-state index in [0.29, 0.717) is 25.9 Å². The lowest BCUT2D eigenvalue weighted by molar-refractivity contribution is -0.140. The van der Waals surface area contributed by atoms with Crippen LogP contribution in [0.3, 0.4) is 0 Å². The summed E-state index contributed by atoms with van der Waals surface area (Å²) in [6.07, 6.45) is 4.44. The fourth-order valence-electron chi connectivity index (χ4n) is 2.92. The van der Waals surface area contributed by atoms with Gasteiger partial charge in [0.05, 0.1) is 12.1 Å². The minimum absolute atomic E-state index is 0. The standard InChI is InChI=1S/C15H27N3O4.ClH/c1-3-18(4-2)14(22)15(8-6-5-7-9-15)17-10-12(19)16-11-13(20)21;/h17H,3-11H2,1-2H3,(H,16,19)(H,20,21);1H. The molecule has 0 saturated heterocycles. The molecule has 0 bridgehead atoms. The first-order valence-corrected chi connectivity index (χ1v) is 7.98. The number of hydrogen-bond donors (Lipinski definition) is 3. The molecule has 0 spiro atoms. The number of nitrogens with one attached hydrogen (secondary N) is 2. The molecule has 1 fully saturated rings. The first-order chi connectivity index (χ1) is 10.4. The van der Waals surface area contributed by atoms with Gasteiger partial charge in [-0.2, -0.15) is 0 Å². The van der Waals surface area contributed by atoms with Crippen molar-refractivity contribution >= 4 is 30.2 Å². The van der Waals surface area contributed by atoms with Crippen LogP contribution in [0.5, 0.6) is 0 Å². The number of hydrogen-bond acceptors (Lipinski definition) is 4. The van der Waals surface area contributed by atoms with E-state index >= 15 is 0 Å². The molecule has 8 heteroatoms. The van der Waals surface area contributed by atoms with Gasteiger partial charge < -0.3 is 15.3 Å². The second-order valence-corrected chi connectivity index (χ2v) is 5.64. The van der Waals surface area contributed by atoms with Crippen molar-refractivity contribution in [3.05, 3.63) is 0 Å². The molecule has 3 N–H and O–H groups in total. The van der Waals surface area contributed by atoms with Crippen molar-refractivity contribution in [3.8, 4) is 0 Å². The van der Waals surface area contributed by atoms with Crippen molar-refractivity contribution in [2.75, 3.05) is 26.2 Å². The number of rotatable bonds is 8. The number of nitrogens with zero attached hydrogens (tertiary/aromatic N) is 1. The third kappa shape index (κ3) is 6.35. The number of carboxylic acids is 1. The van der Waals surface area contributed by atoms with Crippen LogP contribution >= 0.6 is 12.4 Å². The summed E-state index contributed by atoms with van der Waals surface area (Å²) in [7, 11) is 0. The van der Waals surface area contributed by atoms with Crippen molar-refractivity contribution in [2.45, 2.75) is 51.5 Å². The first kappa shape index (κ1) is 21.7. The lowest BCUT2D eigenvalue weighted by Gasteiger charge is -2.40. The molecule has 7 nitrogen and oxygen atoms in total. The molecule has 1 rings (SSSR count). The smallest absolute Gasteiger partial charge is 0.322 e. The number of likely N-dealkylation sites (N-methyl/N-ethyl adjacent to an activating group) is 1. The Morgan fingerprint density at radius 3 is 2.09 bits per heavy atom. The molecular formula is C15H28ClN3O4. The van der Waals surface area contributed by atoms with Gasteiger partial charge in [0, 0.05) is 13.1 Å². The van der Waals surface area contributed by atoms with Crippen molar-refractivity contribution < 1.29 is 19.5 Å². The zero-order chi connectivity index (χ0) is 16.6. The topological polar surface area (TPSA) is 98.7 Å². The highest BCUT2D eigenvalue weighted by molar-refractivity contribution is 5.88. The first-order valence-electron chi connectivity index (χ1n) is 7.98. The van der Waals surface area contributed by atoms with E-state index in [-0.39, 0.29) is 24.9 Å². The lowest BCUT2D eigenvalue weighted by atomic mass is 9.80. The fraction of sp³-hybridized carbons (Fsp3) is 0.800. The highest BCUT2D eigenvalue weighted by atomic mass is 35.5. The summed E-state index contributed by atoms with van der Waals surface area (Å²) in [6.45, 7) is 4.72. The molecule has 0 aromatic heterocycles. The Labute approximate surface area is 143 Å². The number of halogens is 1. The van der Waals surface area contributed by atoms with Gasteiger partial charge in [-0.1, -0.05) is 19.3 Å². The monoisotopic (exact) mass is 349 g/mol. The molecule has 0 aromatic rings. The van der Waals surface area contributed by atoms with Crippen molar-refractivity contribution in [1.29, 1.82) is 0 Å². The Hall–Kier alpha value is -1.34. The maximum Gasteiger partial charge on any atom is 0.322 e. The van der Waals surface area contributed by atoms with E-state index < -0.39 is 24.0 Å². The number of aliphatic carboxylic acids is 1. The summed E-state index contributed by atoms with van der Waals surface area (Å²) < 4.78 is 0. The second kappa shape index (κ2) is 10.4. The predicted octanol–water partition coefficient (Wildman–Crippen LogP) is 0.770. The minimum atomic E-state index is -1.08. The molecule has 0 heterocycles. The van der Waals surface area contributed by atoms with Crippen LogP contribution in [0.15, 0.2) is 0 Å². The van der Waals surface area contributed by atoms with Crippen LogP contribution in [0.1, 0.15) is 46.0 Å². The van der Waals surface area contributed by atoms with Crippen molar-refractivity contribution in [1.82, 2.24) is 15.5 Å². The SMILES string of the molecule is CCN(CC)C(=O)C1(NCC(=O)NCC(=O)O)CCCCC1.Cl. The summed E-state index contributed by atoms with van der Waals surface area (Å²) in [5, 5.41) is 14.0. The molecule has 0 unspecified atom stereocenters. The quantitative estimate of drug-likeness (QED) is 0.601. The van der Waals surface area contributed by atoms with E-state index in [4.69, 9.17) is 5.11 Å². The fourth-order valence-corrected chi connectivity index (χ4v) is 2.92. The van der Waals surface area contributed by atoms with Gasteiger partial charge in [-0.05, 0) is 26.7 Å². The molecule has 1 saturated carbocycles. The van der Waals surface area contributed by atoms with Crippen LogP contribution < -0.4 is 10.6 Å². The maximum atomic E-state index is 12.8. The Kier molecular flexibility index (Phi) is 9.83. The van der Waals surface area contributed by atoms with Crippen molar-refractivity contribution in [3.63, 3.8) is 0 Å². The molecule has 0 aromatic carbocycles. The van der Waals surface area contributed by atoms with E-state index in [1.807, 2.05) is 13.8 Å². The van der Waals surface area contributed by atoms with E-state index in [0.717, 1.165) is 19.3 Å². The lowest BCUT2D eigenvalue weighted by Crippen LogP contribution is -2.60. The third-order valence-corrected chi connectivity index (χ3v) is 4.19. The highest BCUT2D eigenvalue weighted by Crippen LogP contribution is 2.30.